The molecule has 2 aromatic rings. The van der Waals surface area contributed by atoms with Gasteiger partial charge in [-0.1, -0.05) is 70.3 Å². The zero-order chi connectivity index (χ0) is 31.8. The number of amides is 3. The summed E-state index contributed by atoms with van der Waals surface area (Å²) in [7, 11) is 0. The van der Waals surface area contributed by atoms with Crippen molar-refractivity contribution >= 4 is 23.4 Å². The highest BCUT2D eigenvalue weighted by molar-refractivity contribution is 6.01. The zero-order valence-electron chi connectivity index (χ0n) is 26.0. The predicted octanol–water partition coefficient (Wildman–Crippen LogP) is 6.60. The Morgan fingerprint density at radius 3 is 2.07 bits per heavy atom. The summed E-state index contributed by atoms with van der Waals surface area (Å²) in [5, 5.41) is 12.2. The quantitative estimate of drug-likeness (QED) is 0.250. The number of carbonyl (C=O) groups excluding carboxylic acids is 3. The second kappa shape index (κ2) is 15.6. The average Bonchev–Trinajstić information content (AvgIpc) is 3.52. The molecule has 0 unspecified atom stereocenters. The van der Waals surface area contributed by atoms with Crippen LogP contribution >= 0.6 is 0 Å². The number of nitrogens with one attached hydrogen (secondary N) is 3. The molecular weight excluding hydrogens is 571 g/mol. The molecule has 0 spiro atoms. The molecule has 0 aliphatic heterocycles. The molecule has 4 rings (SSSR count). The fourth-order valence-corrected chi connectivity index (χ4v) is 7.02. The van der Waals surface area contributed by atoms with E-state index in [2.05, 4.69) is 21.0 Å². The van der Waals surface area contributed by atoms with Crippen molar-refractivity contribution in [2.24, 2.45) is 17.8 Å². The monoisotopic (exact) mass is 617 g/mol. The van der Waals surface area contributed by atoms with Gasteiger partial charge in [0, 0.05) is 12.2 Å². The Bertz CT molecular complexity index is 1250. The zero-order valence-corrected chi connectivity index (χ0v) is 26.0. The minimum atomic E-state index is -2.69. The van der Waals surface area contributed by atoms with Crippen molar-refractivity contribution in [2.45, 2.75) is 109 Å². The van der Waals surface area contributed by atoms with Gasteiger partial charge < -0.3 is 16.0 Å². The third-order valence-electron chi connectivity index (χ3n) is 9.31. The van der Waals surface area contributed by atoms with Crippen LogP contribution in [0.1, 0.15) is 113 Å². The van der Waals surface area contributed by atoms with E-state index in [1.54, 1.807) is 16.9 Å². The van der Waals surface area contributed by atoms with E-state index in [-0.39, 0.29) is 29.5 Å². The van der Waals surface area contributed by atoms with Gasteiger partial charge in [0.15, 0.2) is 0 Å². The molecule has 8 nitrogen and oxygen atoms in total. The van der Waals surface area contributed by atoms with Crippen LogP contribution in [0.3, 0.4) is 0 Å². The van der Waals surface area contributed by atoms with Crippen LogP contribution in [0.4, 0.5) is 18.9 Å². The van der Waals surface area contributed by atoms with E-state index in [4.69, 9.17) is 0 Å². The van der Waals surface area contributed by atoms with Crippen molar-refractivity contribution in [2.75, 3.05) is 11.9 Å². The largest absolute Gasteiger partial charge is 0.350 e. The highest BCUT2D eigenvalue weighted by atomic mass is 19.3. The number of hydrogen-bond acceptors (Lipinski definition) is 4. The number of nitrogens with zero attached hydrogens (tertiary/aromatic N) is 2. The smallest absolute Gasteiger partial charge is 0.270 e. The predicted molar refractivity (Wildman–Crippen MR) is 163 cm³/mol. The summed E-state index contributed by atoms with van der Waals surface area (Å²) in [5.74, 6) is -2.72. The van der Waals surface area contributed by atoms with Gasteiger partial charge in [-0.15, -0.1) is 0 Å². The molecular formula is C33H46F3N5O3. The standard InChI is InChI=1S/C33H46F3N5O3/c1-20(2)41-27(16-17-38-41)32(43)40-30(29(22-10-6-4-7-11-22)23-12-8-5-9-13-23)33(44)39-26-15-14-24(18-25(26)34)21(3)31(42)37-19-28(35)36/h14-18,20-23,28-30H,4-13,19H2,1-3H3,(H,37,42)(H,39,44)(H,40,43)/t21-,30-/m0/s1. The summed E-state index contributed by atoms with van der Waals surface area (Å²) in [5.41, 5.74) is 0.580. The van der Waals surface area contributed by atoms with Gasteiger partial charge in [0.05, 0.1) is 18.2 Å². The summed E-state index contributed by atoms with van der Waals surface area (Å²) in [6, 6.07) is 4.71. The first kappa shape index (κ1) is 33.5. The Kier molecular flexibility index (Phi) is 11.9. The SMILES string of the molecule is CC(C)n1nccc1C(=O)N[C@H](C(=O)Nc1ccc([C@H](C)C(=O)NCC(F)F)cc1F)C(C1CCCCC1)C1CCCCC1. The first-order chi connectivity index (χ1) is 21.1. The Balaban J connectivity index is 1.62. The minimum Gasteiger partial charge on any atom is -0.350 e. The summed E-state index contributed by atoms with van der Waals surface area (Å²) in [4.78, 5) is 40.1. The fraction of sp³-hybridized carbons (Fsp3) is 0.636. The van der Waals surface area contributed by atoms with Gasteiger partial charge in [-0.3, -0.25) is 19.1 Å². The van der Waals surface area contributed by atoms with Gasteiger partial charge in [-0.2, -0.15) is 5.10 Å². The molecule has 1 aromatic heterocycles. The van der Waals surface area contributed by atoms with Crippen LogP contribution in [0.15, 0.2) is 30.5 Å². The molecule has 3 amide bonds. The number of rotatable bonds is 12. The first-order valence-corrected chi connectivity index (χ1v) is 16.1. The maximum absolute atomic E-state index is 15.4. The lowest BCUT2D eigenvalue weighted by Gasteiger charge is -2.42. The average molecular weight is 618 g/mol. The summed E-state index contributed by atoms with van der Waals surface area (Å²) < 4.78 is 42.1. The maximum Gasteiger partial charge on any atom is 0.270 e. The van der Waals surface area contributed by atoms with E-state index in [1.165, 1.54) is 19.1 Å². The Hall–Kier alpha value is -3.37. The van der Waals surface area contributed by atoms with Crippen LogP contribution in [-0.2, 0) is 9.59 Å². The number of alkyl halides is 2. The van der Waals surface area contributed by atoms with Crippen LogP contribution in [-0.4, -0.2) is 46.5 Å². The number of halogens is 3. The highest BCUT2D eigenvalue weighted by Crippen LogP contribution is 2.42. The lowest BCUT2D eigenvalue weighted by atomic mass is 9.66. The van der Waals surface area contributed by atoms with Crippen molar-refractivity contribution in [1.82, 2.24) is 20.4 Å². The van der Waals surface area contributed by atoms with Crippen LogP contribution in [0.5, 0.6) is 0 Å². The topological polar surface area (TPSA) is 105 Å². The summed E-state index contributed by atoms with van der Waals surface area (Å²) in [6.45, 7) is 4.57. The molecule has 2 atom stereocenters. The molecule has 2 saturated carbocycles. The minimum absolute atomic E-state index is 0.0574. The second-order valence-corrected chi connectivity index (χ2v) is 12.7. The molecule has 1 heterocycles. The van der Waals surface area contributed by atoms with Crippen molar-refractivity contribution < 1.29 is 27.6 Å². The van der Waals surface area contributed by atoms with E-state index in [0.29, 0.717) is 11.3 Å². The number of carbonyl (C=O) groups is 3. The van der Waals surface area contributed by atoms with Crippen molar-refractivity contribution in [3.63, 3.8) is 0 Å². The molecule has 1 aromatic carbocycles. The molecule has 242 valence electrons. The van der Waals surface area contributed by atoms with E-state index < -0.39 is 48.5 Å². The first-order valence-electron chi connectivity index (χ1n) is 16.1. The van der Waals surface area contributed by atoms with Gasteiger partial charge in [0.1, 0.15) is 17.6 Å². The highest BCUT2D eigenvalue weighted by Gasteiger charge is 2.41. The molecule has 44 heavy (non-hydrogen) atoms. The summed E-state index contributed by atoms with van der Waals surface area (Å²) >= 11 is 0. The molecule has 11 heteroatoms. The Morgan fingerprint density at radius 2 is 1.52 bits per heavy atom. The third kappa shape index (κ3) is 8.41. The van der Waals surface area contributed by atoms with E-state index in [1.807, 2.05) is 13.8 Å². The van der Waals surface area contributed by atoms with Crippen molar-refractivity contribution in [1.29, 1.82) is 0 Å². The normalized spacial score (nSPS) is 17.9. The molecule has 2 aliphatic rings. The van der Waals surface area contributed by atoms with E-state index in [9.17, 15) is 23.2 Å². The lowest BCUT2D eigenvalue weighted by Crippen LogP contribution is -2.53. The number of hydrogen-bond donors (Lipinski definition) is 3. The van der Waals surface area contributed by atoms with Crippen LogP contribution in [0.2, 0.25) is 0 Å². The third-order valence-corrected chi connectivity index (χ3v) is 9.31. The number of benzene rings is 1. The Labute approximate surface area is 257 Å². The van der Waals surface area contributed by atoms with Gasteiger partial charge in [0.25, 0.3) is 12.3 Å². The van der Waals surface area contributed by atoms with E-state index >= 15 is 4.39 Å². The fourth-order valence-electron chi connectivity index (χ4n) is 7.02. The van der Waals surface area contributed by atoms with Gasteiger partial charge in [0.2, 0.25) is 11.8 Å². The molecule has 2 fully saturated rings. The number of anilines is 1. The number of aromatic nitrogens is 2. The van der Waals surface area contributed by atoms with E-state index in [0.717, 1.165) is 70.3 Å². The van der Waals surface area contributed by atoms with Gasteiger partial charge >= 0.3 is 0 Å². The molecule has 2 aliphatic carbocycles. The molecule has 3 N–H and O–H groups in total. The Morgan fingerprint density at radius 1 is 0.909 bits per heavy atom. The van der Waals surface area contributed by atoms with Crippen molar-refractivity contribution in [3.8, 4) is 0 Å². The molecule has 0 radical (unpaired) electrons. The van der Waals surface area contributed by atoms with Crippen LogP contribution in [0.25, 0.3) is 0 Å². The van der Waals surface area contributed by atoms with Gasteiger partial charge in [-0.05, 0) is 62.3 Å². The van der Waals surface area contributed by atoms with Gasteiger partial charge in [-0.25, -0.2) is 13.2 Å². The van der Waals surface area contributed by atoms with Crippen LogP contribution in [0, 0.1) is 23.6 Å². The lowest BCUT2D eigenvalue weighted by molar-refractivity contribution is -0.123. The summed E-state index contributed by atoms with van der Waals surface area (Å²) in [6.07, 6.45) is 9.44. The van der Waals surface area contributed by atoms with Crippen LogP contribution < -0.4 is 16.0 Å². The van der Waals surface area contributed by atoms with Crippen molar-refractivity contribution in [3.05, 3.63) is 47.5 Å². The molecule has 0 bridgehead atoms. The second-order valence-electron chi connectivity index (χ2n) is 12.7. The molecule has 0 saturated heterocycles. The maximum atomic E-state index is 15.4.